The SMILES string of the molecule is CC#CCCOCCC(=O)OC. The van der Waals surface area contributed by atoms with Gasteiger partial charge in [0.25, 0.3) is 0 Å². The van der Waals surface area contributed by atoms with Crippen molar-refractivity contribution in [2.45, 2.75) is 19.8 Å². The van der Waals surface area contributed by atoms with Crippen molar-refractivity contribution in [2.75, 3.05) is 20.3 Å². The fourth-order valence-electron chi connectivity index (χ4n) is 0.608. The van der Waals surface area contributed by atoms with Crippen molar-refractivity contribution in [1.29, 1.82) is 0 Å². The first kappa shape index (κ1) is 11.0. The first-order chi connectivity index (χ1) is 5.81. The van der Waals surface area contributed by atoms with Crippen LogP contribution in [0.3, 0.4) is 0 Å². The lowest BCUT2D eigenvalue weighted by Gasteiger charge is -1.99. The van der Waals surface area contributed by atoms with Crippen molar-refractivity contribution in [3.05, 3.63) is 0 Å². The maximum Gasteiger partial charge on any atom is 0.307 e. The summed E-state index contributed by atoms with van der Waals surface area (Å²) in [5.74, 6) is 5.38. The van der Waals surface area contributed by atoms with Crippen LogP contribution in [0.1, 0.15) is 19.8 Å². The Hall–Kier alpha value is -1.01. The summed E-state index contributed by atoms with van der Waals surface area (Å²) in [5.41, 5.74) is 0. The van der Waals surface area contributed by atoms with Gasteiger partial charge in [-0.15, -0.1) is 11.8 Å². The lowest BCUT2D eigenvalue weighted by atomic mass is 10.4. The second-order valence-electron chi connectivity index (χ2n) is 2.12. The van der Waals surface area contributed by atoms with Crippen LogP contribution in [0.25, 0.3) is 0 Å². The maximum atomic E-state index is 10.6. The van der Waals surface area contributed by atoms with Crippen LogP contribution < -0.4 is 0 Å². The number of methoxy groups -OCH3 is 1. The molecule has 0 aliphatic heterocycles. The molecule has 0 aliphatic rings. The van der Waals surface area contributed by atoms with Crippen molar-refractivity contribution in [2.24, 2.45) is 0 Å². The smallest absolute Gasteiger partial charge is 0.307 e. The van der Waals surface area contributed by atoms with E-state index in [1.54, 1.807) is 6.92 Å². The van der Waals surface area contributed by atoms with E-state index in [-0.39, 0.29) is 5.97 Å². The molecule has 0 aromatic heterocycles. The highest BCUT2D eigenvalue weighted by Gasteiger charge is 1.97. The normalized spacial score (nSPS) is 8.50. The Kier molecular flexibility index (Phi) is 7.41. The predicted octanol–water partition coefficient (Wildman–Crippen LogP) is 0.980. The Bertz CT molecular complexity index is 176. The topological polar surface area (TPSA) is 35.5 Å². The number of esters is 1. The van der Waals surface area contributed by atoms with E-state index < -0.39 is 0 Å². The highest BCUT2D eigenvalue weighted by molar-refractivity contribution is 5.69. The van der Waals surface area contributed by atoms with Gasteiger partial charge in [-0.2, -0.15) is 0 Å². The van der Waals surface area contributed by atoms with E-state index in [4.69, 9.17) is 4.74 Å². The van der Waals surface area contributed by atoms with Crippen molar-refractivity contribution < 1.29 is 14.3 Å². The Balaban J connectivity index is 3.09. The fourth-order valence-corrected chi connectivity index (χ4v) is 0.608. The van der Waals surface area contributed by atoms with E-state index in [1.807, 2.05) is 0 Å². The molecule has 0 radical (unpaired) electrons. The summed E-state index contributed by atoms with van der Waals surface area (Å²) in [5, 5.41) is 0. The number of ether oxygens (including phenoxy) is 2. The summed E-state index contributed by atoms with van der Waals surface area (Å²) in [4.78, 5) is 10.6. The first-order valence-electron chi connectivity index (χ1n) is 3.85. The molecule has 12 heavy (non-hydrogen) atoms. The highest BCUT2D eigenvalue weighted by Crippen LogP contribution is 1.87. The van der Waals surface area contributed by atoms with Crippen LogP contribution in [0.15, 0.2) is 0 Å². The van der Waals surface area contributed by atoms with Crippen molar-refractivity contribution in [3.8, 4) is 11.8 Å². The Labute approximate surface area is 73.0 Å². The summed E-state index contributed by atoms with van der Waals surface area (Å²) in [6, 6.07) is 0. The number of carbonyl (C=O) groups is 1. The summed E-state index contributed by atoms with van der Waals surface area (Å²) >= 11 is 0. The highest BCUT2D eigenvalue weighted by atomic mass is 16.5. The van der Waals surface area contributed by atoms with Gasteiger partial charge < -0.3 is 9.47 Å². The van der Waals surface area contributed by atoms with Crippen LogP contribution in [0, 0.1) is 11.8 Å². The first-order valence-corrected chi connectivity index (χ1v) is 3.85. The largest absolute Gasteiger partial charge is 0.469 e. The second-order valence-corrected chi connectivity index (χ2v) is 2.12. The quantitative estimate of drug-likeness (QED) is 0.350. The van der Waals surface area contributed by atoms with E-state index in [0.717, 1.165) is 6.42 Å². The molecule has 0 bridgehead atoms. The molecule has 0 spiro atoms. The molecule has 0 rings (SSSR count). The fraction of sp³-hybridized carbons (Fsp3) is 0.667. The van der Waals surface area contributed by atoms with Crippen LogP contribution in [0.5, 0.6) is 0 Å². The van der Waals surface area contributed by atoms with E-state index in [1.165, 1.54) is 7.11 Å². The zero-order valence-corrected chi connectivity index (χ0v) is 7.55. The zero-order valence-electron chi connectivity index (χ0n) is 7.55. The van der Waals surface area contributed by atoms with E-state index in [0.29, 0.717) is 19.6 Å². The molecule has 0 aliphatic carbocycles. The molecule has 0 N–H and O–H groups in total. The molecule has 3 heteroatoms. The summed E-state index contributed by atoms with van der Waals surface area (Å²) < 4.78 is 9.54. The zero-order chi connectivity index (χ0) is 9.23. The number of hydrogen-bond acceptors (Lipinski definition) is 3. The lowest BCUT2D eigenvalue weighted by molar-refractivity contribution is -0.141. The van der Waals surface area contributed by atoms with Gasteiger partial charge in [0.05, 0.1) is 26.7 Å². The van der Waals surface area contributed by atoms with Crippen molar-refractivity contribution in [1.82, 2.24) is 0 Å². The molecule has 0 unspecified atom stereocenters. The molecule has 0 aromatic carbocycles. The standard InChI is InChI=1S/C9H14O3/c1-3-4-5-7-12-8-6-9(10)11-2/h5-8H2,1-2H3. The van der Waals surface area contributed by atoms with Gasteiger partial charge in [0.1, 0.15) is 0 Å². The lowest BCUT2D eigenvalue weighted by Crippen LogP contribution is -2.06. The Morgan fingerprint density at radius 3 is 2.75 bits per heavy atom. The number of carbonyl (C=O) groups excluding carboxylic acids is 1. The van der Waals surface area contributed by atoms with Crippen molar-refractivity contribution in [3.63, 3.8) is 0 Å². The minimum Gasteiger partial charge on any atom is -0.469 e. The summed E-state index contributed by atoms with van der Waals surface area (Å²) in [6.45, 7) is 2.78. The monoisotopic (exact) mass is 170 g/mol. The Morgan fingerprint density at radius 1 is 1.42 bits per heavy atom. The molecular weight excluding hydrogens is 156 g/mol. The van der Waals surface area contributed by atoms with Gasteiger partial charge in [-0.25, -0.2) is 0 Å². The van der Waals surface area contributed by atoms with Gasteiger partial charge in [0.15, 0.2) is 0 Å². The molecule has 0 aromatic rings. The minimum atomic E-state index is -0.239. The molecular formula is C9H14O3. The minimum absolute atomic E-state index is 0.239. The van der Waals surface area contributed by atoms with Gasteiger partial charge >= 0.3 is 5.97 Å². The average molecular weight is 170 g/mol. The van der Waals surface area contributed by atoms with Gasteiger partial charge in [0.2, 0.25) is 0 Å². The molecule has 0 atom stereocenters. The second kappa shape index (κ2) is 8.09. The molecule has 0 saturated carbocycles. The summed E-state index contributed by atoms with van der Waals surface area (Å²) in [7, 11) is 1.37. The molecule has 0 fully saturated rings. The van der Waals surface area contributed by atoms with Crippen molar-refractivity contribution >= 4 is 5.97 Å². The van der Waals surface area contributed by atoms with Crippen LogP contribution in [-0.2, 0) is 14.3 Å². The van der Waals surface area contributed by atoms with Gasteiger partial charge in [-0.1, -0.05) is 0 Å². The van der Waals surface area contributed by atoms with Gasteiger partial charge in [-0.3, -0.25) is 4.79 Å². The van der Waals surface area contributed by atoms with Crippen LogP contribution >= 0.6 is 0 Å². The maximum absolute atomic E-state index is 10.6. The van der Waals surface area contributed by atoms with E-state index in [2.05, 4.69) is 16.6 Å². The molecule has 0 heterocycles. The Morgan fingerprint density at radius 2 is 2.17 bits per heavy atom. The predicted molar refractivity (Wildman–Crippen MR) is 45.5 cm³/mol. The number of rotatable bonds is 5. The van der Waals surface area contributed by atoms with Crippen LogP contribution in [-0.4, -0.2) is 26.3 Å². The van der Waals surface area contributed by atoms with E-state index >= 15 is 0 Å². The third-order valence-corrected chi connectivity index (χ3v) is 1.23. The third kappa shape index (κ3) is 7.10. The van der Waals surface area contributed by atoms with E-state index in [9.17, 15) is 4.79 Å². The molecule has 68 valence electrons. The average Bonchev–Trinajstić information content (AvgIpc) is 2.10. The molecule has 3 nitrogen and oxygen atoms in total. The summed E-state index contributed by atoms with van der Waals surface area (Å²) in [6.07, 6.45) is 1.04. The van der Waals surface area contributed by atoms with Crippen LogP contribution in [0.4, 0.5) is 0 Å². The molecule has 0 amide bonds. The van der Waals surface area contributed by atoms with Crippen LogP contribution in [0.2, 0.25) is 0 Å². The third-order valence-electron chi connectivity index (χ3n) is 1.23. The molecule has 0 saturated heterocycles. The number of hydrogen-bond donors (Lipinski definition) is 0. The van der Waals surface area contributed by atoms with Gasteiger partial charge in [-0.05, 0) is 6.92 Å². The van der Waals surface area contributed by atoms with Gasteiger partial charge in [0, 0.05) is 6.42 Å².